The van der Waals surface area contributed by atoms with Crippen LogP contribution in [0.25, 0.3) is 0 Å². The minimum absolute atomic E-state index is 0.104. The first-order valence-electron chi connectivity index (χ1n) is 6.75. The molecule has 0 saturated heterocycles. The molecule has 2 fully saturated rings. The lowest BCUT2D eigenvalue weighted by Crippen LogP contribution is -2.30. The molecule has 0 spiro atoms. The Morgan fingerprint density at radius 2 is 1.74 bits per heavy atom. The zero-order valence-electron chi connectivity index (χ0n) is 10.7. The molecular weight excluding hydrogens is 250 g/mol. The quantitative estimate of drug-likeness (QED) is 0.614. The number of hydrogen-bond acceptors (Lipinski definition) is 4. The van der Waals surface area contributed by atoms with Crippen molar-refractivity contribution in [3.8, 4) is 0 Å². The Labute approximate surface area is 111 Å². The van der Waals surface area contributed by atoms with E-state index in [1.54, 1.807) is 0 Å². The summed E-state index contributed by atoms with van der Waals surface area (Å²) in [6.07, 6.45) is 4.75. The van der Waals surface area contributed by atoms with Crippen LogP contribution in [0.1, 0.15) is 25.7 Å². The molecule has 2 aliphatic rings. The summed E-state index contributed by atoms with van der Waals surface area (Å²) in [6.45, 7) is 1.60. The second-order valence-corrected chi connectivity index (χ2v) is 5.56. The number of hydrazine groups is 1. The predicted octanol–water partition coefficient (Wildman–Crippen LogP) is 2.27. The van der Waals surface area contributed by atoms with Crippen LogP contribution in [0.15, 0.2) is 6.07 Å². The van der Waals surface area contributed by atoms with Gasteiger partial charge >= 0.3 is 0 Å². The van der Waals surface area contributed by atoms with Crippen LogP contribution in [0.3, 0.4) is 0 Å². The smallest absolute Gasteiger partial charge is 0.178 e. The molecular formula is C13H18F2N4. The van der Waals surface area contributed by atoms with Crippen molar-refractivity contribution in [2.45, 2.75) is 25.7 Å². The lowest BCUT2D eigenvalue weighted by molar-refractivity contribution is 0.562. The Kier molecular flexibility index (Phi) is 3.26. The SMILES string of the molecule is NNc1nc(N(CC2CC2)CC2CC2)c(F)cc1F. The largest absolute Gasteiger partial charge is 0.354 e. The van der Waals surface area contributed by atoms with Gasteiger partial charge in [-0.05, 0) is 37.5 Å². The van der Waals surface area contributed by atoms with Gasteiger partial charge in [-0.25, -0.2) is 19.6 Å². The van der Waals surface area contributed by atoms with Gasteiger partial charge in [0.15, 0.2) is 23.3 Å². The summed E-state index contributed by atoms with van der Waals surface area (Å²) in [5.41, 5.74) is 2.18. The van der Waals surface area contributed by atoms with Gasteiger partial charge in [-0.1, -0.05) is 0 Å². The number of nitrogen functional groups attached to an aromatic ring is 1. The van der Waals surface area contributed by atoms with E-state index in [0.29, 0.717) is 11.8 Å². The van der Waals surface area contributed by atoms with E-state index < -0.39 is 11.6 Å². The first-order valence-corrected chi connectivity index (χ1v) is 6.75. The summed E-state index contributed by atoms with van der Waals surface area (Å²) in [5, 5.41) is 0. The van der Waals surface area contributed by atoms with E-state index in [-0.39, 0.29) is 11.6 Å². The maximum absolute atomic E-state index is 13.9. The minimum atomic E-state index is -0.762. The maximum Gasteiger partial charge on any atom is 0.178 e. The number of aromatic nitrogens is 1. The van der Waals surface area contributed by atoms with Crippen LogP contribution < -0.4 is 16.2 Å². The lowest BCUT2D eigenvalue weighted by Gasteiger charge is -2.24. The second-order valence-electron chi connectivity index (χ2n) is 5.56. The average molecular weight is 268 g/mol. The molecule has 2 saturated carbocycles. The molecule has 1 aromatic rings. The molecule has 3 rings (SSSR count). The number of rotatable bonds is 6. The third kappa shape index (κ3) is 2.94. The molecule has 2 aliphatic carbocycles. The number of hydrogen-bond donors (Lipinski definition) is 2. The summed E-state index contributed by atoms with van der Waals surface area (Å²) in [4.78, 5) is 5.94. The Morgan fingerprint density at radius 3 is 2.21 bits per heavy atom. The minimum Gasteiger partial charge on any atom is -0.354 e. The van der Waals surface area contributed by atoms with Gasteiger partial charge in [0.25, 0.3) is 0 Å². The van der Waals surface area contributed by atoms with Gasteiger partial charge in [-0.15, -0.1) is 0 Å². The number of pyridine rings is 1. The van der Waals surface area contributed by atoms with Crippen LogP contribution >= 0.6 is 0 Å². The van der Waals surface area contributed by atoms with E-state index in [1.807, 2.05) is 4.90 Å². The fourth-order valence-electron chi connectivity index (χ4n) is 2.25. The van der Waals surface area contributed by atoms with Crippen LogP contribution in [0.2, 0.25) is 0 Å². The molecule has 0 amide bonds. The molecule has 19 heavy (non-hydrogen) atoms. The fraction of sp³-hybridized carbons (Fsp3) is 0.615. The molecule has 0 radical (unpaired) electrons. The highest BCUT2D eigenvalue weighted by Gasteiger charge is 2.31. The van der Waals surface area contributed by atoms with Crippen molar-refractivity contribution in [1.29, 1.82) is 0 Å². The van der Waals surface area contributed by atoms with Gasteiger partial charge < -0.3 is 10.3 Å². The Morgan fingerprint density at radius 1 is 1.16 bits per heavy atom. The number of nitrogens with zero attached hydrogens (tertiary/aromatic N) is 2. The molecule has 3 N–H and O–H groups in total. The van der Waals surface area contributed by atoms with Crippen molar-refractivity contribution in [3.05, 3.63) is 17.7 Å². The molecule has 0 unspecified atom stereocenters. The summed E-state index contributed by atoms with van der Waals surface area (Å²) in [5.74, 6) is 5.19. The highest BCUT2D eigenvalue weighted by Crippen LogP contribution is 2.36. The molecule has 0 atom stereocenters. The predicted molar refractivity (Wildman–Crippen MR) is 69.6 cm³/mol. The third-order valence-electron chi connectivity index (χ3n) is 3.70. The molecule has 0 aromatic carbocycles. The second kappa shape index (κ2) is 4.92. The summed E-state index contributed by atoms with van der Waals surface area (Å²) in [7, 11) is 0. The van der Waals surface area contributed by atoms with Crippen molar-refractivity contribution in [2.75, 3.05) is 23.4 Å². The molecule has 1 aromatic heterocycles. The summed E-state index contributed by atoms with van der Waals surface area (Å²) in [6, 6.07) is 0.852. The molecule has 1 heterocycles. The lowest BCUT2D eigenvalue weighted by atomic mass is 10.3. The van der Waals surface area contributed by atoms with Crippen LogP contribution in [0.5, 0.6) is 0 Å². The monoisotopic (exact) mass is 268 g/mol. The van der Waals surface area contributed by atoms with E-state index in [2.05, 4.69) is 10.4 Å². The van der Waals surface area contributed by atoms with Crippen molar-refractivity contribution in [3.63, 3.8) is 0 Å². The van der Waals surface area contributed by atoms with Crippen LogP contribution in [-0.2, 0) is 0 Å². The topological polar surface area (TPSA) is 54.2 Å². The van der Waals surface area contributed by atoms with Gasteiger partial charge in [0.1, 0.15) is 0 Å². The molecule has 0 aliphatic heterocycles. The van der Waals surface area contributed by atoms with Crippen molar-refractivity contribution >= 4 is 11.6 Å². The molecule has 4 nitrogen and oxygen atoms in total. The Bertz CT molecular complexity index is 458. The number of nitrogens with two attached hydrogens (primary N) is 1. The average Bonchev–Trinajstić information content (AvgIpc) is 3.24. The highest BCUT2D eigenvalue weighted by molar-refractivity contribution is 5.49. The van der Waals surface area contributed by atoms with Crippen molar-refractivity contribution < 1.29 is 8.78 Å². The van der Waals surface area contributed by atoms with Gasteiger partial charge in [0, 0.05) is 19.2 Å². The standard InChI is InChI=1S/C13H18F2N4/c14-10-5-11(15)13(17-12(10)18-16)19(6-8-1-2-8)7-9-3-4-9/h5,8-9H,1-4,6-7,16H2,(H,17,18). The van der Waals surface area contributed by atoms with Crippen LogP contribution in [-0.4, -0.2) is 18.1 Å². The highest BCUT2D eigenvalue weighted by atomic mass is 19.1. The van der Waals surface area contributed by atoms with E-state index >= 15 is 0 Å². The van der Waals surface area contributed by atoms with Crippen molar-refractivity contribution in [2.24, 2.45) is 17.7 Å². The molecule has 0 bridgehead atoms. The Balaban J connectivity index is 1.85. The number of halogens is 2. The van der Waals surface area contributed by atoms with E-state index in [4.69, 9.17) is 5.84 Å². The first-order chi connectivity index (χ1) is 9.17. The van der Waals surface area contributed by atoms with Gasteiger partial charge in [-0.2, -0.15) is 0 Å². The van der Waals surface area contributed by atoms with E-state index in [0.717, 1.165) is 19.2 Å². The van der Waals surface area contributed by atoms with Gasteiger partial charge in [-0.3, -0.25) is 0 Å². The first kappa shape index (κ1) is 12.6. The fourth-order valence-corrected chi connectivity index (χ4v) is 2.25. The van der Waals surface area contributed by atoms with E-state index in [1.165, 1.54) is 25.7 Å². The third-order valence-corrected chi connectivity index (χ3v) is 3.70. The van der Waals surface area contributed by atoms with Crippen LogP contribution in [0, 0.1) is 23.5 Å². The normalized spacial score (nSPS) is 18.5. The van der Waals surface area contributed by atoms with Crippen molar-refractivity contribution in [1.82, 2.24) is 4.98 Å². The van der Waals surface area contributed by atoms with Crippen LogP contribution in [0.4, 0.5) is 20.4 Å². The Hall–Kier alpha value is -1.43. The summed E-state index contributed by atoms with van der Waals surface area (Å²) >= 11 is 0. The van der Waals surface area contributed by atoms with E-state index in [9.17, 15) is 8.78 Å². The summed E-state index contributed by atoms with van der Waals surface area (Å²) < 4.78 is 27.3. The zero-order chi connectivity index (χ0) is 13.4. The number of nitrogens with one attached hydrogen (secondary N) is 1. The number of anilines is 2. The molecule has 6 heteroatoms. The van der Waals surface area contributed by atoms with Gasteiger partial charge in [0.05, 0.1) is 0 Å². The van der Waals surface area contributed by atoms with Gasteiger partial charge in [0.2, 0.25) is 0 Å². The zero-order valence-corrected chi connectivity index (χ0v) is 10.7. The molecule has 104 valence electrons. The maximum atomic E-state index is 13.9.